The van der Waals surface area contributed by atoms with E-state index in [1.807, 2.05) is 0 Å². The minimum atomic E-state index is -1.79. The number of rotatable bonds is 8. The van der Waals surface area contributed by atoms with Crippen LogP contribution in [0.4, 0.5) is 13.2 Å². The zero-order valence-electron chi connectivity index (χ0n) is 20.9. The predicted octanol–water partition coefficient (Wildman–Crippen LogP) is 7.63. The fourth-order valence-electron chi connectivity index (χ4n) is 7.73. The minimum Gasteiger partial charge on any atom is -0.378 e. The van der Waals surface area contributed by atoms with Crippen LogP contribution in [0.25, 0.3) is 0 Å². The summed E-state index contributed by atoms with van der Waals surface area (Å²) in [6, 6.07) is 0. The summed E-state index contributed by atoms with van der Waals surface area (Å²) in [7, 11) is 1.46. The van der Waals surface area contributed by atoms with E-state index in [0.717, 1.165) is 30.6 Å². The van der Waals surface area contributed by atoms with Crippen LogP contribution < -0.4 is 0 Å². The van der Waals surface area contributed by atoms with Crippen molar-refractivity contribution in [1.82, 2.24) is 0 Å². The second kappa shape index (κ2) is 12.1. The Morgan fingerprint density at radius 3 is 1.88 bits per heavy atom. The normalized spacial score (nSPS) is 46.6. The molecule has 0 aromatic rings. The Balaban J connectivity index is 1.18. The Morgan fingerprint density at radius 1 is 0.667 bits per heavy atom. The molecule has 33 heavy (non-hydrogen) atoms. The average molecular weight is 473 g/mol. The van der Waals surface area contributed by atoms with Crippen LogP contribution in [0.1, 0.15) is 96.8 Å². The number of halogens is 3. The van der Waals surface area contributed by atoms with Crippen molar-refractivity contribution in [1.29, 1.82) is 0 Å². The molecule has 0 aliphatic heterocycles. The van der Waals surface area contributed by atoms with Crippen molar-refractivity contribution in [3.8, 4) is 0 Å². The van der Waals surface area contributed by atoms with Gasteiger partial charge in [-0.15, -0.1) is 0 Å². The van der Waals surface area contributed by atoms with Gasteiger partial charge in [-0.05, 0) is 87.4 Å². The molecule has 7 atom stereocenters. The highest BCUT2D eigenvalue weighted by molar-refractivity contribution is 5.01. The highest BCUT2D eigenvalue weighted by Gasteiger charge is 2.53. The summed E-state index contributed by atoms with van der Waals surface area (Å²) >= 11 is 0. The number of hydrogen-bond donors (Lipinski definition) is 0. The first kappa shape index (κ1) is 25.8. The van der Waals surface area contributed by atoms with Crippen molar-refractivity contribution in [2.45, 2.75) is 128 Å². The monoisotopic (exact) mass is 472 g/mol. The van der Waals surface area contributed by atoms with Gasteiger partial charge in [0.15, 0.2) is 6.17 Å². The SMILES string of the molecule is CCCCC1CCC(C2CCC(COC3CC4CCC(OC)C(F)C4C(F)C3F)CC2)CC1. The fraction of sp³-hybridized carbons (Fsp3) is 1.00. The van der Waals surface area contributed by atoms with Crippen molar-refractivity contribution in [3.63, 3.8) is 0 Å². The lowest BCUT2D eigenvalue weighted by Crippen LogP contribution is -2.55. The second-order valence-electron chi connectivity index (χ2n) is 11.8. The van der Waals surface area contributed by atoms with Crippen molar-refractivity contribution in [3.05, 3.63) is 0 Å². The molecule has 5 heteroatoms. The van der Waals surface area contributed by atoms with Gasteiger partial charge in [0, 0.05) is 19.6 Å². The van der Waals surface area contributed by atoms with Gasteiger partial charge >= 0.3 is 0 Å². The third-order valence-corrected chi connectivity index (χ3v) is 9.92. The molecule has 4 fully saturated rings. The number of unbranched alkanes of at least 4 members (excludes halogenated alkanes) is 1. The molecule has 4 saturated carbocycles. The zero-order valence-corrected chi connectivity index (χ0v) is 20.9. The van der Waals surface area contributed by atoms with E-state index in [2.05, 4.69) is 6.92 Å². The molecule has 0 heterocycles. The van der Waals surface area contributed by atoms with E-state index < -0.39 is 36.6 Å². The third kappa shape index (κ3) is 6.11. The molecule has 2 nitrogen and oxygen atoms in total. The van der Waals surface area contributed by atoms with Gasteiger partial charge < -0.3 is 9.47 Å². The maximum Gasteiger partial charge on any atom is 0.157 e. The molecule has 7 unspecified atom stereocenters. The third-order valence-electron chi connectivity index (χ3n) is 9.92. The molecule has 0 amide bonds. The average Bonchev–Trinajstić information content (AvgIpc) is 2.85. The fourth-order valence-corrected chi connectivity index (χ4v) is 7.73. The lowest BCUT2D eigenvalue weighted by molar-refractivity contribution is -0.150. The molecule has 4 aliphatic rings. The van der Waals surface area contributed by atoms with Crippen molar-refractivity contribution in [2.24, 2.45) is 35.5 Å². The molecule has 4 aliphatic carbocycles. The van der Waals surface area contributed by atoms with Gasteiger partial charge in [0.2, 0.25) is 0 Å². The Morgan fingerprint density at radius 2 is 1.27 bits per heavy atom. The van der Waals surface area contributed by atoms with Gasteiger partial charge in [-0.2, -0.15) is 0 Å². The summed E-state index contributed by atoms with van der Waals surface area (Å²) in [4.78, 5) is 0. The molecule has 0 N–H and O–H groups in total. The summed E-state index contributed by atoms with van der Waals surface area (Å²) in [6.07, 6.45) is 10.1. The topological polar surface area (TPSA) is 18.5 Å². The van der Waals surface area contributed by atoms with Crippen molar-refractivity contribution < 1.29 is 22.6 Å². The van der Waals surface area contributed by atoms with Gasteiger partial charge in [-0.3, -0.25) is 0 Å². The second-order valence-corrected chi connectivity index (χ2v) is 11.8. The standard InChI is InChI=1S/C28H47F3O2/c1-3-4-5-18-6-10-20(11-7-18)21-12-8-19(9-13-21)17-33-24-16-22-14-15-23(32-2)26(29)25(22)28(31)27(24)30/h18-28H,3-17H2,1-2H3. The molecule has 0 aromatic carbocycles. The molecule has 192 valence electrons. The lowest BCUT2D eigenvalue weighted by atomic mass is 9.66. The Hall–Kier alpha value is -0.290. The van der Waals surface area contributed by atoms with Gasteiger partial charge in [0.05, 0.1) is 12.2 Å². The maximum atomic E-state index is 14.9. The van der Waals surface area contributed by atoms with E-state index in [4.69, 9.17) is 9.47 Å². The molecule has 0 aromatic heterocycles. The van der Waals surface area contributed by atoms with Crippen LogP contribution in [-0.4, -0.2) is 44.4 Å². The smallest absolute Gasteiger partial charge is 0.157 e. The van der Waals surface area contributed by atoms with E-state index in [0.29, 0.717) is 31.8 Å². The first-order valence-corrected chi connectivity index (χ1v) is 14.1. The van der Waals surface area contributed by atoms with E-state index in [-0.39, 0.29) is 5.92 Å². The van der Waals surface area contributed by atoms with Crippen LogP contribution in [0.3, 0.4) is 0 Å². The molecule has 0 radical (unpaired) electrons. The number of hydrogen-bond acceptors (Lipinski definition) is 2. The number of methoxy groups -OCH3 is 1. The van der Waals surface area contributed by atoms with Crippen LogP contribution in [-0.2, 0) is 9.47 Å². The van der Waals surface area contributed by atoms with E-state index >= 15 is 0 Å². The van der Waals surface area contributed by atoms with E-state index in [1.165, 1.54) is 64.9 Å². The van der Waals surface area contributed by atoms with Crippen molar-refractivity contribution >= 4 is 0 Å². The summed E-state index contributed by atoms with van der Waals surface area (Å²) in [5, 5.41) is 0. The van der Waals surface area contributed by atoms with Crippen molar-refractivity contribution in [2.75, 3.05) is 13.7 Å². The minimum absolute atomic E-state index is 0.137. The number of ether oxygens (including phenoxy) is 2. The zero-order chi connectivity index (χ0) is 23.4. The molecule has 0 saturated heterocycles. The summed E-state index contributed by atoms with van der Waals surface area (Å²) in [5.74, 6) is 2.16. The van der Waals surface area contributed by atoms with Gasteiger partial charge in [0.1, 0.15) is 12.3 Å². The molecule has 0 bridgehead atoms. The summed E-state index contributed by atoms with van der Waals surface area (Å²) in [6.45, 7) is 2.82. The molecule has 0 spiro atoms. The molecular weight excluding hydrogens is 425 g/mol. The predicted molar refractivity (Wildman–Crippen MR) is 126 cm³/mol. The largest absolute Gasteiger partial charge is 0.378 e. The van der Waals surface area contributed by atoms with Crippen LogP contribution in [0, 0.1) is 35.5 Å². The first-order chi connectivity index (χ1) is 16.0. The van der Waals surface area contributed by atoms with E-state index in [9.17, 15) is 13.2 Å². The van der Waals surface area contributed by atoms with Crippen LogP contribution >= 0.6 is 0 Å². The Bertz CT molecular complexity index is 571. The van der Waals surface area contributed by atoms with Gasteiger partial charge in [-0.1, -0.05) is 39.0 Å². The van der Waals surface area contributed by atoms with Crippen LogP contribution in [0.15, 0.2) is 0 Å². The van der Waals surface area contributed by atoms with Crippen LogP contribution in [0.2, 0.25) is 0 Å². The molecular formula is C28H47F3O2. The maximum absolute atomic E-state index is 14.9. The Kier molecular flexibility index (Phi) is 9.46. The number of fused-ring (bicyclic) bond motifs is 1. The van der Waals surface area contributed by atoms with E-state index in [1.54, 1.807) is 0 Å². The highest BCUT2D eigenvalue weighted by atomic mass is 19.2. The highest BCUT2D eigenvalue weighted by Crippen LogP contribution is 2.47. The van der Waals surface area contributed by atoms with Crippen LogP contribution in [0.5, 0.6) is 0 Å². The van der Waals surface area contributed by atoms with Gasteiger partial charge in [-0.25, -0.2) is 13.2 Å². The molecule has 4 rings (SSSR count). The Labute approximate surface area is 199 Å². The lowest BCUT2D eigenvalue weighted by Gasteiger charge is -2.46. The number of alkyl halides is 3. The quantitative estimate of drug-likeness (QED) is 0.361. The van der Waals surface area contributed by atoms with Gasteiger partial charge in [0.25, 0.3) is 0 Å². The summed E-state index contributed by atoms with van der Waals surface area (Å²) in [5.41, 5.74) is 0. The first-order valence-electron chi connectivity index (χ1n) is 14.1. The summed E-state index contributed by atoms with van der Waals surface area (Å²) < 4.78 is 55.6.